The van der Waals surface area contributed by atoms with Crippen LogP contribution in [0.4, 0.5) is 0 Å². The Balaban J connectivity index is 1.89. The Morgan fingerprint density at radius 1 is 1.42 bits per heavy atom. The maximum atomic E-state index is 12.2. The van der Waals surface area contributed by atoms with Gasteiger partial charge in [0.2, 0.25) is 0 Å². The van der Waals surface area contributed by atoms with Gasteiger partial charge in [0.1, 0.15) is 11.8 Å². The standard InChI is InChI=1S/C12H15ClN4O2/c13-16-6-3-12(19,4-7-16)8-15-9-14-17-5-1-2-10(17)11(15)18/h1-2,5,9,19H,3-4,6-8H2. The van der Waals surface area contributed by atoms with Crippen LogP contribution in [-0.4, -0.2) is 42.4 Å². The minimum absolute atomic E-state index is 0.137. The molecule has 19 heavy (non-hydrogen) atoms. The Morgan fingerprint density at radius 3 is 2.89 bits per heavy atom. The number of aromatic nitrogens is 3. The first-order chi connectivity index (χ1) is 9.07. The molecule has 3 heterocycles. The van der Waals surface area contributed by atoms with Crippen LogP contribution < -0.4 is 5.56 Å². The van der Waals surface area contributed by atoms with E-state index < -0.39 is 5.60 Å². The quantitative estimate of drug-likeness (QED) is 0.814. The van der Waals surface area contributed by atoms with Crippen molar-refractivity contribution in [2.24, 2.45) is 0 Å². The van der Waals surface area contributed by atoms with Crippen LogP contribution in [-0.2, 0) is 6.54 Å². The molecule has 102 valence electrons. The highest BCUT2D eigenvalue weighted by molar-refractivity contribution is 6.13. The van der Waals surface area contributed by atoms with Gasteiger partial charge in [0, 0.05) is 19.3 Å². The van der Waals surface area contributed by atoms with Crippen molar-refractivity contribution in [3.8, 4) is 0 Å². The molecule has 2 aromatic heterocycles. The van der Waals surface area contributed by atoms with Gasteiger partial charge in [0.05, 0.1) is 12.1 Å². The van der Waals surface area contributed by atoms with Gasteiger partial charge >= 0.3 is 0 Å². The van der Waals surface area contributed by atoms with Crippen LogP contribution >= 0.6 is 11.8 Å². The van der Waals surface area contributed by atoms with Gasteiger partial charge in [-0.05, 0) is 36.8 Å². The monoisotopic (exact) mass is 282 g/mol. The molecule has 1 saturated heterocycles. The van der Waals surface area contributed by atoms with Crippen LogP contribution in [0.15, 0.2) is 29.5 Å². The van der Waals surface area contributed by atoms with Crippen molar-refractivity contribution in [1.29, 1.82) is 0 Å². The Labute approximate surface area is 114 Å². The van der Waals surface area contributed by atoms with E-state index >= 15 is 0 Å². The largest absolute Gasteiger partial charge is 0.388 e. The van der Waals surface area contributed by atoms with Gasteiger partial charge in [0.25, 0.3) is 5.56 Å². The van der Waals surface area contributed by atoms with Crippen LogP contribution in [0.25, 0.3) is 5.52 Å². The third-order valence-electron chi connectivity index (χ3n) is 3.63. The van der Waals surface area contributed by atoms with Gasteiger partial charge in [-0.2, -0.15) is 5.10 Å². The Kier molecular flexibility index (Phi) is 3.08. The molecule has 2 aromatic rings. The Hall–Kier alpha value is -1.37. The van der Waals surface area contributed by atoms with Crippen molar-refractivity contribution in [3.05, 3.63) is 35.0 Å². The van der Waals surface area contributed by atoms with E-state index in [0.717, 1.165) is 0 Å². The molecule has 0 spiro atoms. The fraction of sp³-hybridized carbons (Fsp3) is 0.500. The van der Waals surface area contributed by atoms with E-state index in [1.807, 2.05) is 0 Å². The predicted octanol–water partition coefficient (Wildman–Crippen LogP) is 0.477. The molecule has 0 bridgehead atoms. The molecule has 3 rings (SSSR count). The van der Waals surface area contributed by atoms with Gasteiger partial charge in [-0.1, -0.05) is 0 Å². The summed E-state index contributed by atoms with van der Waals surface area (Å²) in [5, 5.41) is 14.7. The summed E-state index contributed by atoms with van der Waals surface area (Å²) in [6.07, 6.45) is 4.30. The third kappa shape index (κ3) is 2.39. The zero-order valence-corrected chi connectivity index (χ0v) is 11.1. The first kappa shape index (κ1) is 12.7. The molecule has 1 aliphatic heterocycles. The van der Waals surface area contributed by atoms with Crippen LogP contribution in [0.1, 0.15) is 12.8 Å². The maximum absolute atomic E-state index is 12.2. The summed E-state index contributed by atoms with van der Waals surface area (Å²) < 4.78 is 4.66. The third-order valence-corrected chi connectivity index (χ3v) is 3.97. The summed E-state index contributed by atoms with van der Waals surface area (Å²) in [4.78, 5) is 12.2. The van der Waals surface area contributed by atoms with Crippen molar-refractivity contribution < 1.29 is 5.11 Å². The maximum Gasteiger partial charge on any atom is 0.277 e. The molecule has 0 aliphatic carbocycles. The summed E-state index contributed by atoms with van der Waals surface area (Å²) in [6, 6.07) is 3.49. The van der Waals surface area contributed by atoms with Crippen molar-refractivity contribution in [1.82, 2.24) is 18.6 Å². The molecular formula is C12H15ClN4O2. The van der Waals surface area contributed by atoms with E-state index in [2.05, 4.69) is 5.10 Å². The molecule has 0 unspecified atom stereocenters. The molecule has 7 heteroatoms. The van der Waals surface area contributed by atoms with E-state index in [-0.39, 0.29) is 12.1 Å². The minimum Gasteiger partial charge on any atom is -0.388 e. The van der Waals surface area contributed by atoms with Crippen LogP contribution in [0, 0.1) is 0 Å². The molecule has 6 nitrogen and oxygen atoms in total. The van der Waals surface area contributed by atoms with E-state index in [1.165, 1.54) is 15.4 Å². The number of aliphatic hydroxyl groups is 1. The van der Waals surface area contributed by atoms with Crippen LogP contribution in [0.5, 0.6) is 0 Å². The fourth-order valence-electron chi connectivity index (χ4n) is 2.44. The second kappa shape index (κ2) is 4.63. The molecule has 0 atom stereocenters. The van der Waals surface area contributed by atoms with Gasteiger partial charge < -0.3 is 5.11 Å². The average molecular weight is 283 g/mol. The summed E-state index contributed by atoms with van der Waals surface area (Å²) in [5.41, 5.74) is -0.510. The fourth-order valence-corrected chi connectivity index (χ4v) is 2.61. The summed E-state index contributed by atoms with van der Waals surface area (Å²) in [7, 11) is 0. The first-order valence-electron chi connectivity index (χ1n) is 6.23. The number of rotatable bonds is 2. The van der Waals surface area contributed by atoms with E-state index in [4.69, 9.17) is 11.8 Å². The lowest BCUT2D eigenvalue weighted by Gasteiger charge is -2.35. The Bertz CT molecular complexity index is 642. The van der Waals surface area contributed by atoms with E-state index in [0.29, 0.717) is 31.4 Å². The van der Waals surface area contributed by atoms with Gasteiger partial charge in [0.15, 0.2) is 0 Å². The lowest BCUT2D eigenvalue weighted by atomic mass is 9.92. The first-order valence-corrected chi connectivity index (χ1v) is 6.57. The number of piperidine rings is 1. The summed E-state index contributed by atoms with van der Waals surface area (Å²) in [6.45, 7) is 1.49. The highest BCUT2D eigenvalue weighted by Gasteiger charge is 2.32. The highest BCUT2D eigenvalue weighted by atomic mass is 35.5. The molecule has 0 amide bonds. The van der Waals surface area contributed by atoms with Gasteiger partial charge in [-0.25, -0.2) is 8.93 Å². The SMILES string of the molecule is O=c1c2cccn2ncn1CC1(O)CCN(Cl)CC1. The molecular weight excluding hydrogens is 268 g/mol. The second-order valence-electron chi connectivity index (χ2n) is 5.04. The van der Waals surface area contributed by atoms with Crippen molar-refractivity contribution in [2.75, 3.05) is 13.1 Å². The van der Waals surface area contributed by atoms with E-state index in [1.54, 1.807) is 22.7 Å². The predicted molar refractivity (Wildman–Crippen MR) is 71.1 cm³/mol. The topological polar surface area (TPSA) is 62.8 Å². The zero-order chi connectivity index (χ0) is 13.5. The minimum atomic E-state index is -0.887. The van der Waals surface area contributed by atoms with Gasteiger partial charge in [-0.3, -0.25) is 9.36 Å². The number of nitrogens with zero attached hydrogens (tertiary/aromatic N) is 4. The smallest absolute Gasteiger partial charge is 0.277 e. The average Bonchev–Trinajstić information content (AvgIpc) is 2.86. The van der Waals surface area contributed by atoms with Crippen molar-refractivity contribution in [2.45, 2.75) is 25.0 Å². The van der Waals surface area contributed by atoms with Gasteiger partial charge in [-0.15, -0.1) is 0 Å². The lowest BCUT2D eigenvalue weighted by molar-refractivity contribution is -0.0202. The molecule has 1 N–H and O–H groups in total. The van der Waals surface area contributed by atoms with Crippen molar-refractivity contribution in [3.63, 3.8) is 0 Å². The van der Waals surface area contributed by atoms with Crippen molar-refractivity contribution >= 4 is 17.3 Å². The number of hydrogen-bond acceptors (Lipinski definition) is 4. The van der Waals surface area contributed by atoms with Crippen LogP contribution in [0.3, 0.4) is 0 Å². The number of halogens is 1. The summed E-state index contributed by atoms with van der Waals surface area (Å²) in [5.74, 6) is 0. The normalized spacial score (nSPS) is 19.9. The Morgan fingerprint density at radius 2 is 2.16 bits per heavy atom. The van der Waals surface area contributed by atoms with Crippen LogP contribution in [0.2, 0.25) is 0 Å². The molecule has 1 fully saturated rings. The lowest BCUT2D eigenvalue weighted by Crippen LogP contribution is -2.45. The molecule has 0 aromatic carbocycles. The molecule has 0 radical (unpaired) electrons. The second-order valence-corrected chi connectivity index (χ2v) is 5.51. The van der Waals surface area contributed by atoms with E-state index in [9.17, 15) is 9.90 Å². The summed E-state index contributed by atoms with van der Waals surface area (Å²) >= 11 is 5.88. The highest BCUT2D eigenvalue weighted by Crippen LogP contribution is 2.24. The zero-order valence-electron chi connectivity index (χ0n) is 10.4. The molecule has 1 aliphatic rings. The number of fused-ring (bicyclic) bond motifs is 1. The molecule has 0 saturated carbocycles. The number of hydrogen-bond donors (Lipinski definition) is 1.